The number of unbranched alkanes of at least 4 members (excludes halogenated alkanes) is 1. The number of likely N-dealkylation sites (N-methyl/N-ethyl adjacent to an activating group) is 2. The van der Waals surface area contributed by atoms with Gasteiger partial charge in [0, 0.05) is 49.0 Å². The molecule has 0 saturated carbocycles. The zero-order valence-corrected chi connectivity index (χ0v) is 34.1. The highest BCUT2D eigenvalue weighted by Gasteiger charge is 2.14. The average Bonchev–Trinajstić information content (AvgIpc) is 3.87. The van der Waals surface area contributed by atoms with E-state index in [4.69, 9.17) is 5.73 Å². The molecule has 0 aliphatic carbocycles. The van der Waals surface area contributed by atoms with E-state index in [-0.39, 0.29) is 49.9 Å². The van der Waals surface area contributed by atoms with E-state index in [0.717, 1.165) is 24.5 Å². The van der Waals surface area contributed by atoms with Crippen molar-refractivity contribution < 1.29 is 38.4 Å². The van der Waals surface area contributed by atoms with Gasteiger partial charge in [0.05, 0.1) is 44.9 Å². The lowest BCUT2D eigenvalue weighted by Gasteiger charge is -2.12. The van der Waals surface area contributed by atoms with Crippen LogP contribution in [0.1, 0.15) is 58.3 Å². The molecule has 2 aromatic rings. The molecule has 0 fully saturated rings. The van der Waals surface area contributed by atoms with Gasteiger partial charge in [-0.15, -0.1) is 0 Å². The van der Waals surface area contributed by atoms with Crippen molar-refractivity contribution in [3.8, 4) is 0 Å². The number of carbonyl (C=O) groups is 8. The predicted octanol–water partition coefficient (Wildman–Crippen LogP) is -2.26. The zero-order valence-electron chi connectivity index (χ0n) is 33.2. The highest BCUT2D eigenvalue weighted by Crippen LogP contribution is 1.86. The Morgan fingerprint density at radius 3 is 1.55 bits per heavy atom. The standard InChI is InChI=1S/C8H17N3O2S.C7H11N3O4.2C4H6N2.C4H11N.2C3H7NO/c1-3-10-7(12)4-11-8(13)6(5-14)9-2;11-2-1-9-7(14)4-10-6(13)3-8-5-12;2*1-4-2-5-3-6-4;1-2-3-4-5;1-2-4-3-5;1-2-3(4)5/h6,9,14H,3-5H2,1-2H3,(H,10,12)(H,11,13);2,5H,1,3-4H2,(H,8,12)(H,9,14)(H,10,13);2*2-3H,1H3,(H,5,6);2-5H2,1H3;3H,2H2,1H3,(H,4,5);2H2,1H3,(H2,4,5). The van der Waals surface area contributed by atoms with Gasteiger partial charge in [0.15, 0.2) is 0 Å². The van der Waals surface area contributed by atoms with Crippen LogP contribution >= 0.6 is 12.6 Å². The topological polar surface area (TPSA) is 330 Å². The molecule has 0 aliphatic rings. The van der Waals surface area contributed by atoms with E-state index in [9.17, 15) is 38.4 Å². The summed E-state index contributed by atoms with van der Waals surface area (Å²) in [7, 11) is 1.67. The number of aldehydes is 1. The van der Waals surface area contributed by atoms with Gasteiger partial charge >= 0.3 is 0 Å². The Morgan fingerprint density at radius 1 is 0.782 bits per heavy atom. The first-order valence-electron chi connectivity index (χ1n) is 17.3. The molecule has 22 heteroatoms. The number of H-pyrrole nitrogens is 2. The van der Waals surface area contributed by atoms with Crippen molar-refractivity contribution in [2.24, 2.45) is 11.5 Å². The van der Waals surface area contributed by atoms with E-state index in [1.165, 1.54) is 12.8 Å². The smallest absolute Gasteiger partial charge is 0.239 e. The van der Waals surface area contributed by atoms with Crippen molar-refractivity contribution in [3.63, 3.8) is 0 Å². The minimum absolute atomic E-state index is 0.0125. The number of primary amides is 1. The molecule has 21 nitrogen and oxygen atoms in total. The number of aromatic nitrogens is 4. The van der Waals surface area contributed by atoms with Gasteiger partial charge in [0.2, 0.25) is 42.4 Å². The van der Waals surface area contributed by atoms with Crippen molar-refractivity contribution in [1.82, 2.24) is 57.2 Å². The number of imidazole rings is 2. The molecule has 0 aliphatic heterocycles. The number of amides is 7. The van der Waals surface area contributed by atoms with Gasteiger partial charge < -0.3 is 63.4 Å². The summed E-state index contributed by atoms with van der Waals surface area (Å²) in [5, 5.41) is 16.9. The van der Waals surface area contributed by atoms with Crippen molar-refractivity contribution in [2.75, 3.05) is 58.6 Å². The fraction of sp³-hybridized carbons (Fsp3) is 0.576. The molecule has 7 amide bonds. The van der Waals surface area contributed by atoms with Crippen molar-refractivity contribution in [1.29, 1.82) is 0 Å². The maximum Gasteiger partial charge on any atom is 0.239 e. The minimum Gasteiger partial charge on any atom is -0.370 e. The third kappa shape index (κ3) is 55.6. The van der Waals surface area contributed by atoms with Crippen molar-refractivity contribution in [2.45, 2.75) is 66.8 Å². The second-order valence-electron chi connectivity index (χ2n) is 10.0. The maximum absolute atomic E-state index is 11.3. The molecule has 2 heterocycles. The minimum atomic E-state index is -0.474. The average molecular weight is 804 g/mol. The lowest BCUT2D eigenvalue weighted by atomic mass is 10.3. The van der Waals surface area contributed by atoms with Crippen molar-refractivity contribution >= 4 is 61.3 Å². The summed E-state index contributed by atoms with van der Waals surface area (Å²) >= 11 is 4.00. The Kier molecular flexibility index (Phi) is 52.1. The number of carbonyl (C=O) groups excluding carboxylic acids is 8. The van der Waals surface area contributed by atoms with Crippen LogP contribution in [-0.4, -0.2) is 133 Å². The maximum atomic E-state index is 11.3. The summed E-state index contributed by atoms with van der Waals surface area (Å²) in [6.45, 7) is 13.2. The third-order valence-corrected chi connectivity index (χ3v) is 5.65. The van der Waals surface area contributed by atoms with E-state index < -0.39 is 11.8 Å². The highest BCUT2D eigenvalue weighted by atomic mass is 32.1. The number of rotatable bonds is 18. The van der Waals surface area contributed by atoms with Gasteiger partial charge in [-0.05, 0) is 47.7 Å². The Bertz CT molecular complexity index is 1140. The number of aryl methyl sites for hydroxylation is 2. The Morgan fingerprint density at radius 2 is 1.27 bits per heavy atom. The van der Waals surface area contributed by atoms with Crippen LogP contribution in [0.2, 0.25) is 0 Å². The molecule has 2 rings (SSSR count). The van der Waals surface area contributed by atoms with Crippen LogP contribution in [0.15, 0.2) is 25.0 Å². The molecule has 1 unspecified atom stereocenters. The summed E-state index contributed by atoms with van der Waals surface area (Å²) in [4.78, 5) is 95.7. The van der Waals surface area contributed by atoms with Crippen LogP contribution in [0.25, 0.3) is 0 Å². The number of nitrogens with zero attached hydrogens (tertiary/aromatic N) is 2. The summed E-state index contributed by atoms with van der Waals surface area (Å²) in [5.74, 6) is -1.18. The van der Waals surface area contributed by atoms with E-state index in [1.54, 1.807) is 39.0 Å². The largest absolute Gasteiger partial charge is 0.370 e. The molecule has 55 heavy (non-hydrogen) atoms. The second-order valence-corrected chi connectivity index (χ2v) is 10.4. The van der Waals surface area contributed by atoms with Gasteiger partial charge in [0.1, 0.15) is 6.29 Å². The second kappa shape index (κ2) is 48.6. The Labute approximate surface area is 329 Å². The molecular weight excluding hydrogens is 739 g/mol. The Hall–Kier alpha value is -5.35. The summed E-state index contributed by atoms with van der Waals surface area (Å²) < 4.78 is 0. The number of nitrogens with one attached hydrogen (secondary N) is 9. The quantitative estimate of drug-likeness (QED) is 0.0561. The van der Waals surface area contributed by atoms with Gasteiger partial charge in [0.25, 0.3) is 0 Å². The van der Waals surface area contributed by atoms with E-state index >= 15 is 0 Å². The first kappa shape index (κ1) is 58.9. The summed E-state index contributed by atoms with van der Waals surface area (Å²) in [6, 6.07) is -0.354. The first-order chi connectivity index (χ1) is 26.2. The molecule has 0 aromatic carbocycles. The molecular formula is C33H65N13O8S. The molecule has 1 atom stereocenters. The van der Waals surface area contributed by atoms with Crippen molar-refractivity contribution in [3.05, 3.63) is 36.4 Å². The fourth-order valence-corrected chi connectivity index (χ4v) is 2.74. The SMILES string of the molecule is CCC(N)=O.CCCCN.CCNC(=O)CNC(=O)C(CS)NC.CCNC=O.Cc1cnc[nH]1.Cc1cnc[nH]1.O=CCNC(=O)CNC(=O)CNC=O. The first-order valence-corrected chi connectivity index (χ1v) is 17.9. The number of nitrogens with two attached hydrogens (primary N) is 2. The van der Waals surface area contributed by atoms with Gasteiger partial charge in [-0.3, -0.25) is 33.6 Å². The molecule has 0 saturated heterocycles. The molecule has 2 aromatic heterocycles. The molecule has 316 valence electrons. The molecule has 0 spiro atoms. The molecule has 0 radical (unpaired) electrons. The monoisotopic (exact) mass is 803 g/mol. The number of thiol groups is 1. The Balaban J connectivity index is -0.000000187. The van der Waals surface area contributed by atoms with Gasteiger partial charge in [-0.25, -0.2) is 9.97 Å². The normalized spacial score (nSPS) is 9.18. The van der Waals surface area contributed by atoms with Gasteiger partial charge in [-0.1, -0.05) is 20.3 Å². The fourth-order valence-electron chi connectivity index (χ4n) is 2.39. The van der Waals surface area contributed by atoms with E-state index in [0.29, 0.717) is 37.8 Å². The van der Waals surface area contributed by atoms with Gasteiger partial charge in [-0.2, -0.15) is 12.6 Å². The number of hydrogen-bond acceptors (Lipinski definition) is 13. The summed E-state index contributed by atoms with van der Waals surface area (Å²) in [5.41, 5.74) is 12.0. The zero-order chi connectivity index (χ0) is 43.1. The van der Waals surface area contributed by atoms with Crippen LogP contribution in [0.3, 0.4) is 0 Å². The molecule has 0 bridgehead atoms. The highest BCUT2D eigenvalue weighted by molar-refractivity contribution is 7.80. The predicted molar refractivity (Wildman–Crippen MR) is 214 cm³/mol. The number of hydrogen-bond donors (Lipinski definition) is 12. The van der Waals surface area contributed by atoms with Crippen LogP contribution in [0, 0.1) is 13.8 Å². The molecule has 13 N–H and O–H groups in total. The summed E-state index contributed by atoms with van der Waals surface area (Å²) in [6.07, 6.45) is 11.3. The van der Waals surface area contributed by atoms with Crippen LogP contribution in [-0.2, 0) is 38.4 Å². The number of aromatic amines is 2. The third-order valence-electron chi connectivity index (χ3n) is 5.28. The van der Waals surface area contributed by atoms with Crippen LogP contribution < -0.4 is 48.7 Å². The van der Waals surface area contributed by atoms with Crippen LogP contribution in [0.4, 0.5) is 0 Å². The lowest BCUT2D eigenvalue weighted by Crippen LogP contribution is -2.47. The van der Waals surface area contributed by atoms with E-state index in [1.807, 2.05) is 27.7 Å². The van der Waals surface area contributed by atoms with Crippen LogP contribution in [0.5, 0.6) is 0 Å². The lowest BCUT2D eigenvalue weighted by molar-refractivity contribution is -0.126. The van der Waals surface area contributed by atoms with E-state index in [2.05, 4.69) is 82.4 Å².